The first-order valence-corrected chi connectivity index (χ1v) is 9.75. The van der Waals surface area contributed by atoms with Gasteiger partial charge in [0.1, 0.15) is 17.2 Å². The van der Waals surface area contributed by atoms with E-state index in [-0.39, 0.29) is 6.04 Å². The van der Waals surface area contributed by atoms with Crippen molar-refractivity contribution in [2.24, 2.45) is 0 Å². The van der Waals surface area contributed by atoms with Crippen molar-refractivity contribution in [2.75, 3.05) is 33.3 Å². The van der Waals surface area contributed by atoms with Gasteiger partial charge in [-0.15, -0.1) is 0 Å². The highest BCUT2D eigenvalue weighted by Gasteiger charge is 2.24. The summed E-state index contributed by atoms with van der Waals surface area (Å²) in [5.41, 5.74) is 2.46. The first-order chi connectivity index (χ1) is 13.8. The smallest absolute Gasteiger partial charge is 0.127 e. The van der Waals surface area contributed by atoms with Crippen LogP contribution in [-0.4, -0.2) is 38.2 Å². The van der Waals surface area contributed by atoms with Crippen LogP contribution in [0.5, 0.6) is 17.2 Å². The lowest BCUT2D eigenvalue weighted by molar-refractivity contribution is 0.198. The fraction of sp³-hybridized carbons (Fsp3) is 0.250. The summed E-state index contributed by atoms with van der Waals surface area (Å²) in [5.74, 6) is 2.58. The van der Waals surface area contributed by atoms with E-state index in [1.807, 2.05) is 42.5 Å². The largest absolute Gasteiger partial charge is 0.497 e. The van der Waals surface area contributed by atoms with E-state index in [9.17, 15) is 0 Å². The molecule has 1 aliphatic heterocycles. The highest BCUT2D eigenvalue weighted by atomic mass is 16.5. The maximum atomic E-state index is 6.08. The van der Waals surface area contributed by atoms with Crippen molar-refractivity contribution in [3.05, 3.63) is 90.0 Å². The fourth-order valence-electron chi connectivity index (χ4n) is 3.74. The lowest BCUT2D eigenvalue weighted by atomic mass is 9.96. The number of hydrogen-bond acceptors (Lipinski definition) is 4. The molecule has 28 heavy (non-hydrogen) atoms. The van der Waals surface area contributed by atoms with Crippen molar-refractivity contribution in [2.45, 2.75) is 6.04 Å². The molecule has 1 atom stereocenters. The molecule has 1 saturated heterocycles. The van der Waals surface area contributed by atoms with Crippen molar-refractivity contribution in [3.63, 3.8) is 0 Å². The molecule has 1 unspecified atom stereocenters. The molecule has 1 heterocycles. The maximum absolute atomic E-state index is 6.08. The first-order valence-electron chi connectivity index (χ1n) is 9.75. The standard InChI is InChI=1S/C24H26N2O2/c1-27-22-11-5-7-19(17-22)24(26-15-13-25-14-16-26)20-8-6-12-23(18-20)28-21-9-3-2-4-10-21/h2-12,17-18,24-25H,13-16H2,1H3. The third-order valence-electron chi connectivity index (χ3n) is 5.08. The number of piperazine rings is 1. The lowest BCUT2D eigenvalue weighted by Gasteiger charge is -2.35. The second kappa shape index (κ2) is 8.91. The highest BCUT2D eigenvalue weighted by molar-refractivity contribution is 5.41. The average molecular weight is 374 g/mol. The summed E-state index contributed by atoms with van der Waals surface area (Å²) in [4.78, 5) is 2.52. The van der Waals surface area contributed by atoms with Gasteiger partial charge in [0.15, 0.2) is 0 Å². The van der Waals surface area contributed by atoms with Crippen LogP contribution in [-0.2, 0) is 0 Å². The zero-order valence-corrected chi connectivity index (χ0v) is 16.2. The molecule has 0 aromatic heterocycles. The third kappa shape index (κ3) is 4.35. The number of para-hydroxylation sites is 1. The highest BCUT2D eigenvalue weighted by Crippen LogP contribution is 2.33. The second-order valence-electron chi connectivity index (χ2n) is 6.95. The van der Waals surface area contributed by atoms with Crippen LogP contribution in [0.3, 0.4) is 0 Å². The van der Waals surface area contributed by atoms with Crippen molar-refractivity contribution >= 4 is 0 Å². The van der Waals surface area contributed by atoms with Gasteiger partial charge in [-0.1, -0.05) is 42.5 Å². The van der Waals surface area contributed by atoms with Gasteiger partial charge in [0.2, 0.25) is 0 Å². The molecule has 3 aromatic carbocycles. The van der Waals surface area contributed by atoms with Crippen LogP contribution >= 0.6 is 0 Å². The Bertz CT molecular complexity index is 892. The monoisotopic (exact) mass is 374 g/mol. The summed E-state index contributed by atoms with van der Waals surface area (Å²) >= 11 is 0. The van der Waals surface area contributed by atoms with Crippen molar-refractivity contribution in [1.82, 2.24) is 10.2 Å². The number of rotatable bonds is 6. The summed E-state index contributed by atoms with van der Waals surface area (Å²) in [6, 6.07) is 26.9. The normalized spacial score (nSPS) is 15.8. The SMILES string of the molecule is COc1cccc(C(c2cccc(Oc3ccccc3)c2)N2CCNCC2)c1. The van der Waals surface area contributed by atoms with Crippen LogP contribution in [0, 0.1) is 0 Å². The predicted molar refractivity (Wildman–Crippen MR) is 112 cm³/mol. The molecule has 0 radical (unpaired) electrons. The van der Waals surface area contributed by atoms with E-state index in [1.165, 1.54) is 11.1 Å². The molecule has 144 valence electrons. The Morgan fingerprint density at radius 2 is 1.36 bits per heavy atom. The molecule has 4 rings (SSSR count). The van der Waals surface area contributed by atoms with E-state index in [0.29, 0.717) is 0 Å². The molecular weight excluding hydrogens is 348 g/mol. The Labute approximate surface area is 166 Å². The summed E-state index contributed by atoms with van der Waals surface area (Å²) in [7, 11) is 1.72. The number of ether oxygens (including phenoxy) is 2. The Morgan fingerprint density at radius 1 is 0.750 bits per heavy atom. The van der Waals surface area contributed by atoms with Crippen LogP contribution in [0.25, 0.3) is 0 Å². The topological polar surface area (TPSA) is 33.7 Å². The van der Waals surface area contributed by atoms with E-state index >= 15 is 0 Å². The molecule has 0 saturated carbocycles. The summed E-state index contributed by atoms with van der Waals surface area (Å²) in [6.07, 6.45) is 0. The van der Waals surface area contributed by atoms with Gasteiger partial charge < -0.3 is 14.8 Å². The predicted octanol–water partition coefficient (Wildman–Crippen LogP) is 4.48. The number of methoxy groups -OCH3 is 1. The lowest BCUT2D eigenvalue weighted by Crippen LogP contribution is -2.45. The van der Waals surface area contributed by atoms with Gasteiger partial charge in [0.25, 0.3) is 0 Å². The van der Waals surface area contributed by atoms with E-state index < -0.39 is 0 Å². The molecule has 0 spiro atoms. The van der Waals surface area contributed by atoms with E-state index in [4.69, 9.17) is 9.47 Å². The van der Waals surface area contributed by atoms with Gasteiger partial charge in [-0.05, 0) is 47.5 Å². The number of hydrogen-bond donors (Lipinski definition) is 1. The van der Waals surface area contributed by atoms with Crippen LogP contribution < -0.4 is 14.8 Å². The number of benzene rings is 3. The first kappa shape index (κ1) is 18.5. The molecule has 1 fully saturated rings. The van der Waals surface area contributed by atoms with Crippen LogP contribution in [0.2, 0.25) is 0 Å². The fourth-order valence-corrected chi connectivity index (χ4v) is 3.74. The Morgan fingerprint density at radius 3 is 2.04 bits per heavy atom. The molecule has 0 bridgehead atoms. The number of nitrogens with one attached hydrogen (secondary N) is 1. The van der Waals surface area contributed by atoms with E-state index in [1.54, 1.807) is 7.11 Å². The van der Waals surface area contributed by atoms with Gasteiger partial charge in [-0.25, -0.2) is 0 Å². The van der Waals surface area contributed by atoms with Crippen LogP contribution in [0.4, 0.5) is 0 Å². The minimum Gasteiger partial charge on any atom is -0.497 e. The molecule has 4 nitrogen and oxygen atoms in total. The zero-order chi connectivity index (χ0) is 19.2. The van der Waals surface area contributed by atoms with Crippen molar-refractivity contribution in [1.29, 1.82) is 0 Å². The molecule has 1 aliphatic rings. The van der Waals surface area contributed by atoms with Gasteiger partial charge >= 0.3 is 0 Å². The van der Waals surface area contributed by atoms with Crippen molar-refractivity contribution < 1.29 is 9.47 Å². The minimum atomic E-state index is 0.163. The van der Waals surface area contributed by atoms with Gasteiger partial charge in [-0.2, -0.15) is 0 Å². The summed E-state index contributed by atoms with van der Waals surface area (Å²) in [5, 5.41) is 3.45. The molecule has 4 heteroatoms. The zero-order valence-electron chi connectivity index (χ0n) is 16.2. The minimum absolute atomic E-state index is 0.163. The molecular formula is C24H26N2O2. The Balaban J connectivity index is 1.68. The van der Waals surface area contributed by atoms with Crippen LogP contribution in [0.15, 0.2) is 78.9 Å². The average Bonchev–Trinajstić information content (AvgIpc) is 2.76. The Hall–Kier alpha value is -2.82. The molecule has 0 aliphatic carbocycles. The van der Waals surface area contributed by atoms with Gasteiger partial charge in [0.05, 0.1) is 13.2 Å². The Kier molecular flexibility index (Phi) is 5.90. The maximum Gasteiger partial charge on any atom is 0.127 e. The third-order valence-corrected chi connectivity index (χ3v) is 5.08. The molecule has 1 N–H and O–H groups in total. The van der Waals surface area contributed by atoms with Gasteiger partial charge in [-0.3, -0.25) is 4.90 Å². The van der Waals surface area contributed by atoms with Crippen LogP contribution in [0.1, 0.15) is 17.2 Å². The van der Waals surface area contributed by atoms with E-state index in [2.05, 4.69) is 46.6 Å². The van der Waals surface area contributed by atoms with Crippen molar-refractivity contribution in [3.8, 4) is 17.2 Å². The van der Waals surface area contributed by atoms with E-state index in [0.717, 1.165) is 43.4 Å². The second-order valence-corrected chi connectivity index (χ2v) is 6.95. The molecule has 0 amide bonds. The van der Waals surface area contributed by atoms with Gasteiger partial charge in [0, 0.05) is 26.2 Å². The number of nitrogens with zero attached hydrogens (tertiary/aromatic N) is 1. The quantitative estimate of drug-likeness (QED) is 0.690. The summed E-state index contributed by atoms with van der Waals surface area (Å²) in [6.45, 7) is 4.01. The molecule has 3 aromatic rings. The summed E-state index contributed by atoms with van der Waals surface area (Å²) < 4.78 is 11.6.